The van der Waals surface area contributed by atoms with E-state index in [1.807, 2.05) is 0 Å². The monoisotopic (exact) mass is 477 g/mol. The number of benzene rings is 5. The van der Waals surface area contributed by atoms with E-state index in [2.05, 4.69) is 142 Å². The summed E-state index contributed by atoms with van der Waals surface area (Å²) in [7, 11) is 0. The van der Waals surface area contributed by atoms with Crippen molar-refractivity contribution in [3.63, 3.8) is 0 Å². The van der Waals surface area contributed by atoms with E-state index in [-0.39, 0.29) is 10.8 Å². The Morgan fingerprint density at radius 1 is 0.432 bits per heavy atom. The highest BCUT2D eigenvalue weighted by Crippen LogP contribution is 2.53. The molecule has 0 saturated carbocycles. The maximum absolute atomic E-state index is 3.73. The summed E-state index contributed by atoms with van der Waals surface area (Å²) in [4.78, 5) is 0. The van der Waals surface area contributed by atoms with Crippen molar-refractivity contribution in [3.05, 3.63) is 131 Å². The molecule has 5 aromatic carbocycles. The van der Waals surface area contributed by atoms with Crippen LogP contribution in [0.15, 0.2) is 109 Å². The second-order valence-electron chi connectivity index (χ2n) is 11.5. The molecule has 0 aliphatic heterocycles. The number of hydrogen-bond acceptors (Lipinski definition) is 1. The molecule has 1 nitrogen and oxygen atoms in total. The SMILES string of the molecule is CC1(C)c2ccccc2-c2cc(Nc3ccc4c(c3)C(C)(C)c3cccc(-c5ccccc5)c3-4)ccc21. The zero-order chi connectivity index (χ0) is 25.4. The summed E-state index contributed by atoms with van der Waals surface area (Å²) < 4.78 is 0. The molecular formula is C36H31N. The van der Waals surface area contributed by atoms with Crippen LogP contribution >= 0.6 is 0 Å². The Bertz CT molecular complexity index is 1690. The van der Waals surface area contributed by atoms with Crippen molar-refractivity contribution in [2.75, 3.05) is 5.32 Å². The molecule has 5 aromatic rings. The smallest absolute Gasteiger partial charge is 0.0390 e. The van der Waals surface area contributed by atoms with Crippen molar-refractivity contribution in [1.29, 1.82) is 0 Å². The molecule has 180 valence electrons. The van der Waals surface area contributed by atoms with Crippen molar-refractivity contribution in [3.8, 4) is 33.4 Å². The second-order valence-corrected chi connectivity index (χ2v) is 11.5. The van der Waals surface area contributed by atoms with Gasteiger partial charge in [-0.2, -0.15) is 0 Å². The maximum atomic E-state index is 3.73. The predicted molar refractivity (Wildman–Crippen MR) is 157 cm³/mol. The first-order chi connectivity index (χ1) is 17.9. The van der Waals surface area contributed by atoms with Crippen LogP contribution in [0, 0.1) is 0 Å². The summed E-state index contributed by atoms with van der Waals surface area (Å²) in [5, 5.41) is 3.73. The average Bonchev–Trinajstić information content (AvgIpc) is 3.29. The van der Waals surface area contributed by atoms with Crippen LogP contribution in [0.2, 0.25) is 0 Å². The Labute approximate surface area is 219 Å². The van der Waals surface area contributed by atoms with Gasteiger partial charge >= 0.3 is 0 Å². The third-order valence-corrected chi connectivity index (χ3v) is 8.66. The first-order valence-electron chi connectivity index (χ1n) is 13.2. The lowest BCUT2D eigenvalue weighted by Gasteiger charge is -2.23. The van der Waals surface area contributed by atoms with Gasteiger partial charge in [-0.1, -0.05) is 113 Å². The molecule has 2 aliphatic rings. The van der Waals surface area contributed by atoms with E-state index >= 15 is 0 Å². The molecule has 0 bridgehead atoms. The largest absolute Gasteiger partial charge is 0.355 e. The minimum absolute atomic E-state index is 0.0320. The van der Waals surface area contributed by atoms with Crippen LogP contribution in [0.1, 0.15) is 49.9 Å². The lowest BCUT2D eigenvalue weighted by atomic mass is 9.82. The summed E-state index contributed by atoms with van der Waals surface area (Å²) in [5.74, 6) is 0. The molecule has 0 spiro atoms. The van der Waals surface area contributed by atoms with Gasteiger partial charge in [-0.15, -0.1) is 0 Å². The molecule has 1 N–H and O–H groups in total. The number of fused-ring (bicyclic) bond motifs is 6. The van der Waals surface area contributed by atoms with Gasteiger partial charge in [0.15, 0.2) is 0 Å². The van der Waals surface area contributed by atoms with E-state index in [4.69, 9.17) is 0 Å². The fourth-order valence-corrected chi connectivity index (χ4v) is 6.69. The highest BCUT2D eigenvalue weighted by Gasteiger charge is 2.37. The highest BCUT2D eigenvalue weighted by atomic mass is 14.9. The van der Waals surface area contributed by atoms with Crippen LogP contribution in [0.25, 0.3) is 33.4 Å². The minimum atomic E-state index is -0.0615. The lowest BCUT2D eigenvalue weighted by molar-refractivity contribution is 0.660. The summed E-state index contributed by atoms with van der Waals surface area (Å²) in [5.41, 5.74) is 15.8. The van der Waals surface area contributed by atoms with E-state index in [1.165, 1.54) is 55.6 Å². The van der Waals surface area contributed by atoms with Gasteiger partial charge in [0.05, 0.1) is 0 Å². The Kier molecular flexibility index (Phi) is 4.60. The van der Waals surface area contributed by atoms with Crippen molar-refractivity contribution in [2.24, 2.45) is 0 Å². The number of hydrogen-bond donors (Lipinski definition) is 1. The van der Waals surface area contributed by atoms with Crippen LogP contribution in [0.4, 0.5) is 11.4 Å². The molecular weight excluding hydrogens is 446 g/mol. The van der Waals surface area contributed by atoms with Gasteiger partial charge in [-0.3, -0.25) is 0 Å². The van der Waals surface area contributed by atoms with Crippen molar-refractivity contribution in [2.45, 2.75) is 38.5 Å². The topological polar surface area (TPSA) is 12.0 Å². The molecule has 0 heterocycles. The van der Waals surface area contributed by atoms with Gasteiger partial charge in [0.1, 0.15) is 0 Å². The fraction of sp³-hybridized carbons (Fsp3) is 0.167. The predicted octanol–water partition coefficient (Wildman–Crippen LogP) is 9.71. The van der Waals surface area contributed by atoms with E-state index in [0.717, 1.165) is 11.4 Å². The second kappa shape index (κ2) is 7.70. The molecule has 2 aliphatic carbocycles. The summed E-state index contributed by atoms with van der Waals surface area (Å²) in [6, 6.07) is 40.1. The lowest BCUT2D eigenvalue weighted by Crippen LogP contribution is -2.15. The van der Waals surface area contributed by atoms with Gasteiger partial charge in [-0.05, 0) is 79.9 Å². The molecule has 0 radical (unpaired) electrons. The van der Waals surface area contributed by atoms with Crippen LogP contribution in [-0.2, 0) is 10.8 Å². The standard InChI is InChI=1S/C36H31N/c1-35(2)30-15-9-8-13-27(30)29-21-24(18-20-31(29)35)37-25-17-19-28-33(22-25)36(3,4)32-16-10-14-26(34(28)32)23-11-6-5-7-12-23/h5-22,37H,1-4H3. The fourth-order valence-electron chi connectivity index (χ4n) is 6.69. The van der Waals surface area contributed by atoms with Crippen LogP contribution in [0.5, 0.6) is 0 Å². The quantitative estimate of drug-likeness (QED) is 0.273. The molecule has 7 rings (SSSR count). The molecule has 0 aromatic heterocycles. The van der Waals surface area contributed by atoms with Crippen LogP contribution in [-0.4, -0.2) is 0 Å². The van der Waals surface area contributed by atoms with Gasteiger partial charge in [-0.25, -0.2) is 0 Å². The molecule has 1 heteroatoms. The Morgan fingerprint density at radius 2 is 1.05 bits per heavy atom. The minimum Gasteiger partial charge on any atom is -0.355 e. The van der Waals surface area contributed by atoms with E-state index < -0.39 is 0 Å². The Balaban J connectivity index is 1.29. The molecule has 0 atom stereocenters. The van der Waals surface area contributed by atoms with Gasteiger partial charge in [0.25, 0.3) is 0 Å². The first kappa shape index (κ1) is 22.1. The summed E-state index contributed by atoms with van der Waals surface area (Å²) in [6.45, 7) is 9.36. The number of nitrogens with one attached hydrogen (secondary N) is 1. The Morgan fingerprint density at radius 3 is 1.89 bits per heavy atom. The first-order valence-corrected chi connectivity index (χ1v) is 13.2. The normalized spacial score (nSPS) is 15.5. The number of rotatable bonds is 3. The van der Waals surface area contributed by atoms with E-state index in [0.29, 0.717) is 0 Å². The van der Waals surface area contributed by atoms with Gasteiger partial charge < -0.3 is 5.32 Å². The van der Waals surface area contributed by atoms with Crippen LogP contribution in [0.3, 0.4) is 0 Å². The molecule has 0 fully saturated rings. The van der Waals surface area contributed by atoms with Crippen molar-refractivity contribution < 1.29 is 0 Å². The van der Waals surface area contributed by atoms with Crippen molar-refractivity contribution >= 4 is 11.4 Å². The van der Waals surface area contributed by atoms with Crippen LogP contribution < -0.4 is 5.32 Å². The number of anilines is 2. The molecule has 0 saturated heterocycles. The zero-order valence-corrected chi connectivity index (χ0v) is 21.9. The van der Waals surface area contributed by atoms with E-state index in [9.17, 15) is 0 Å². The summed E-state index contributed by atoms with van der Waals surface area (Å²) >= 11 is 0. The van der Waals surface area contributed by atoms with Crippen molar-refractivity contribution in [1.82, 2.24) is 0 Å². The van der Waals surface area contributed by atoms with Gasteiger partial charge in [0, 0.05) is 22.2 Å². The average molecular weight is 478 g/mol. The third kappa shape index (κ3) is 3.17. The highest BCUT2D eigenvalue weighted by molar-refractivity contribution is 5.93. The van der Waals surface area contributed by atoms with E-state index in [1.54, 1.807) is 0 Å². The maximum Gasteiger partial charge on any atom is 0.0390 e. The molecule has 0 unspecified atom stereocenters. The molecule has 0 amide bonds. The van der Waals surface area contributed by atoms with Gasteiger partial charge in [0.2, 0.25) is 0 Å². The summed E-state index contributed by atoms with van der Waals surface area (Å²) in [6.07, 6.45) is 0. The zero-order valence-electron chi connectivity index (χ0n) is 21.9. The molecule has 37 heavy (non-hydrogen) atoms. The Hall–Kier alpha value is -4.10. The third-order valence-electron chi connectivity index (χ3n) is 8.66.